The van der Waals surface area contributed by atoms with Crippen LogP contribution in [-0.2, 0) is 0 Å². The van der Waals surface area contributed by atoms with Crippen LogP contribution in [0.1, 0.15) is 23.7 Å². The number of benzene rings is 1. The van der Waals surface area contributed by atoms with Gasteiger partial charge in [0.15, 0.2) is 11.6 Å². The van der Waals surface area contributed by atoms with Crippen LogP contribution in [0.2, 0.25) is 0 Å². The van der Waals surface area contributed by atoms with Crippen molar-refractivity contribution in [2.24, 2.45) is 11.5 Å². The molecule has 0 aliphatic heterocycles. The van der Waals surface area contributed by atoms with Crippen LogP contribution in [0.25, 0.3) is 10.9 Å². The van der Waals surface area contributed by atoms with Crippen molar-refractivity contribution in [1.29, 1.82) is 0 Å². The molecule has 0 aliphatic carbocycles. The number of aromatic nitrogens is 2. The van der Waals surface area contributed by atoms with Crippen LogP contribution in [-0.4, -0.2) is 28.5 Å². The quantitative estimate of drug-likeness (QED) is 0.509. The molecule has 140 valence electrons. The Morgan fingerprint density at radius 1 is 1.26 bits per heavy atom. The van der Waals surface area contributed by atoms with Gasteiger partial charge >= 0.3 is 0 Å². The lowest BCUT2D eigenvalue weighted by atomic mass is 10.2. The number of halogens is 1. The number of pyridine rings is 2. The highest BCUT2D eigenvalue weighted by Crippen LogP contribution is 2.25. The molecular weight excluding hydrogens is 347 g/mol. The Morgan fingerprint density at radius 2 is 2.07 bits per heavy atom. The standard InChI is InChI=1S/C19H21FN6O/c1-2-12(21)10-24-19-15(20)9-14(17(22)27)18(26-19)25-13-5-6-16-11(8-13)4-3-7-23-16/h3-9,12H,2,10,21H2,1H3,(H2,22,27)(H2,24,25,26)/t12-/m1/s1. The Kier molecular flexibility index (Phi) is 5.46. The highest BCUT2D eigenvalue weighted by Gasteiger charge is 2.16. The molecule has 0 aliphatic rings. The first-order valence-corrected chi connectivity index (χ1v) is 8.59. The topological polar surface area (TPSA) is 119 Å². The number of carbonyl (C=O) groups excluding carboxylic acids is 1. The molecule has 7 nitrogen and oxygen atoms in total. The Labute approximate surface area is 156 Å². The van der Waals surface area contributed by atoms with E-state index in [9.17, 15) is 9.18 Å². The zero-order valence-electron chi connectivity index (χ0n) is 14.9. The number of anilines is 3. The Hall–Kier alpha value is -3.26. The molecule has 1 atom stereocenters. The van der Waals surface area contributed by atoms with Crippen molar-refractivity contribution in [2.75, 3.05) is 17.2 Å². The van der Waals surface area contributed by atoms with Gasteiger partial charge in [0.05, 0.1) is 11.1 Å². The van der Waals surface area contributed by atoms with Crippen molar-refractivity contribution in [3.8, 4) is 0 Å². The van der Waals surface area contributed by atoms with Crippen LogP contribution in [0.4, 0.5) is 21.7 Å². The van der Waals surface area contributed by atoms with Crippen LogP contribution in [0.3, 0.4) is 0 Å². The first-order valence-electron chi connectivity index (χ1n) is 8.59. The maximum absolute atomic E-state index is 14.3. The lowest BCUT2D eigenvalue weighted by molar-refractivity contribution is 0.100. The molecule has 2 aromatic heterocycles. The number of fused-ring (bicyclic) bond motifs is 1. The van der Waals surface area contributed by atoms with Crippen molar-refractivity contribution in [3.05, 3.63) is 54.0 Å². The summed E-state index contributed by atoms with van der Waals surface area (Å²) in [5.74, 6) is -1.27. The van der Waals surface area contributed by atoms with E-state index in [2.05, 4.69) is 20.6 Å². The van der Waals surface area contributed by atoms with Crippen molar-refractivity contribution in [2.45, 2.75) is 19.4 Å². The van der Waals surface area contributed by atoms with Crippen LogP contribution >= 0.6 is 0 Å². The predicted molar refractivity (Wildman–Crippen MR) is 104 cm³/mol. The Balaban J connectivity index is 1.94. The van der Waals surface area contributed by atoms with E-state index in [0.717, 1.165) is 23.4 Å². The molecule has 0 unspecified atom stereocenters. The number of carbonyl (C=O) groups is 1. The minimum absolute atomic E-state index is 0.00820. The van der Waals surface area contributed by atoms with Gasteiger partial charge in [-0.25, -0.2) is 9.37 Å². The molecule has 2 heterocycles. The van der Waals surface area contributed by atoms with Crippen LogP contribution in [0.15, 0.2) is 42.6 Å². The molecule has 3 rings (SSSR count). The smallest absolute Gasteiger partial charge is 0.252 e. The second kappa shape index (κ2) is 7.96. The third-order valence-corrected chi connectivity index (χ3v) is 4.16. The number of hydrogen-bond acceptors (Lipinski definition) is 6. The largest absolute Gasteiger partial charge is 0.366 e. The fraction of sp³-hybridized carbons (Fsp3) is 0.211. The molecule has 0 bridgehead atoms. The van der Waals surface area contributed by atoms with Crippen LogP contribution in [0.5, 0.6) is 0 Å². The van der Waals surface area contributed by atoms with Crippen molar-refractivity contribution >= 4 is 34.1 Å². The number of rotatable bonds is 7. The maximum Gasteiger partial charge on any atom is 0.252 e. The summed E-state index contributed by atoms with van der Waals surface area (Å²) in [6.07, 6.45) is 2.45. The summed E-state index contributed by atoms with van der Waals surface area (Å²) in [4.78, 5) is 20.2. The molecule has 27 heavy (non-hydrogen) atoms. The number of amides is 1. The monoisotopic (exact) mass is 368 g/mol. The van der Waals surface area contributed by atoms with E-state index < -0.39 is 11.7 Å². The van der Waals surface area contributed by atoms with Crippen molar-refractivity contribution in [3.63, 3.8) is 0 Å². The molecule has 0 spiro atoms. The Bertz CT molecular complexity index is 978. The average Bonchev–Trinajstić information content (AvgIpc) is 2.67. The summed E-state index contributed by atoms with van der Waals surface area (Å²) in [6.45, 7) is 2.30. The van der Waals surface area contributed by atoms with Gasteiger partial charge in [-0.15, -0.1) is 0 Å². The van der Waals surface area contributed by atoms with Crippen molar-refractivity contribution in [1.82, 2.24) is 9.97 Å². The highest BCUT2D eigenvalue weighted by molar-refractivity contribution is 5.99. The zero-order chi connectivity index (χ0) is 19.4. The highest BCUT2D eigenvalue weighted by atomic mass is 19.1. The van der Waals surface area contributed by atoms with E-state index in [4.69, 9.17) is 11.5 Å². The van der Waals surface area contributed by atoms with Gasteiger partial charge in [-0.05, 0) is 36.8 Å². The van der Waals surface area contributed by atoms with E-state index in [1.807, 2.05) is 31.2 Å². The van der Waals surface area contributed by atoms with Crippen molar-refractivity contribution < 1.29 is 9.18 Å². The van der Waals surface area contributed by atoms with Gasteiger partial charge in [-0.1, -0.05) is 13.0 Å². The van der Waals surface area contributed by atoms with Gasteiger partial charge in [0.25, 0.3) is 5.91 Å². The van der Waals surface area contributed by atoms with Gasteiger partial charge in [0, 0.05) is 29.9 Å². The summed E-state index contributed by atoms with van der Waals surface area (Å²) >= 11 is 0. The molecule has 0 radical (unpaired) electrons. The summed E-state index contributed by atoms with van der Waals surface area (Å²) in [5.41, 5.74) is 12.7. The maximum atomic E-state index is 14.3. The van der Waals surface area contributed by atoms with E-state index in [1.54, 1.807) is 12.3 Å². The molecule has 0 fully saturated rings. The molecular formula is C19H21FN6O. The van der Waals surface area contributed by atoms with E-state index in [0.29, 0.717) is 12.2 Å². The molecule has 1 amide bonds. The molecule has 3 aromatic rings. The Morgan fingerprint density at radius 3 is 2.81 bits per heavy atom. The lowest BCUT2D eigenvalue weighted by Crippen LogP contribution is -2.28. The lowest BCUT2D eigenvalue weighted by Gasteiger charge is -2.15. The minimum atomic E-state index is -0.775. The van der Waals surface area contributed by atoms with E-state index in [-0.39, 0.29) is 23.2 Å². The van der Waals surface area contributed by atoms with E-state index in [1.165, 1.54) is 0 Å². The normalized spacial score (nSPS) is 12.0. The van der Waals surface area contributed by atoms with E-state index >= 15 is 0 Å². The third-order valence-electron chi connectivity index (χ3n) is 4.16. The molecule has 0 saturated heterocycles. The SMILES string of the molecule is CC[C@@H](N)CNc1nc(Nc2ccc3ncccc3c2)c(C(N)=O)cc1F. The fourth-order valence-electron chi connectivity index (χ4n) is 2.56. The second-order valence-electron chi connectivity index (χ2n) is 6.16. The number of hydrogen-bond donors (Lipinski definition) is 4. The number of nitrogens with one attached hydrogen (secondary N) is 2. The minimum Gasteiger partial charge on any atom is -0.366 e. The average molecular weight is 368 g/mol. The summed E-state index contributed by atoms with van der Waals surface area (Å²) in [6, 6.07) is 10.2. The second-order valence-corrected chi connectivity index (χ2v) is 6.16. The number of nitrogens with zero attached hydrogens (tertiary/aromatic N) is 2. The van der Waals surface area contributed by atoms with Crippen LogP contribution < -0.4 is 22.1 Å². The van der Waals surface area contributed by atoms with Gasteiger partial charge < -0.3 is 22.1 Å². The van der Waals surface area contributed by atoms with Gasteiger partial charge in [0.1, 0.15) is 5.82 Å². The number of primary amides is 1. The predicted octanol–water partition coefficient (Wildman–Crippen LogP) is 2.76. The first-order chi connectivity index (χ1) is 13.0. The first kappa shape index (κ1) is 18.5. The summed E-state index contributed by atoms with van der Waals surface area (Å²) in [5, 5.41) is 6.82. The van der Waals surface area contributed by atoms with Gasteiger partial charge in [-0.2, -0.15) is 0 Å². The molecule has 1 aromatic carbocycles. The molecule has 8 heteroatoms. The van der Waals surface area contributed by atoms with Crippen LogP contribution in [0, 0.1) is 5.82 Å². The summed E-state index contributed by atoms with van der Waals surface area (Å²) in [7, 11) is 0. The third kappa shape index (κ3) is 4.29. The fourth-order valence-corrected chi connectivity index (χ4v) is 2.56. The molecule has 6 N–H and O–H groups in total. The van der Waals surface area contributed by atoms with Gasteiger partial charge in [-0.3, -0.25) is 9.78 Å². The number of nitrogens with two attached hydrogens (primary N) is 2. The van der Waals surface area contributed by atoms with Gasteiger partial charge in [0.2, 0.25) is 0 Å². The zero-order valence-corrected chi connectivity index (χ0v) is 14.9. The summed E-state index contributed by atoms with van der Waals surface area (Å²) < 4.78 is 14.3. The molecule has 0 saturated carbocycles.